The number of benzene rings is 1. The number of carbonyl (C=O) groups excluding carboxylic acids is 2. The van der Waals surface area contributed by atoms with Crippen molar-refractivity contribution in [1.82, 2.24) is 0 Å². The number of Topliss-reactive ketones (excluding diaryl/α,β-unsaturated/α-hetero) is 1. The van der Waals surface area contributed by atoms with Crippen molar-refractivity contribution in [3.63, 3.8) is 0 Å². The number of thiophene rings is 1. The fraction of sp³-hybridized carbons (Fsp3) is 0.444. The Morgan fingerprint density at radius 3 is 2.64 bits per heavy atom. The number of hydrogen-bond acceptors (Lipinski definition) is 4. The van der Waals surface area contributed by atoms with Gasteiger partial charge in [-0.25, -0.2) is 4.39 Å². The van der Waals surface area contributed by atoms with Crippen molar-refractivity contribution in [1.29, 1.82) is 5.26 Å². The highest BCUT2D eigenvalue weighted by Gasteiger charge is 2.46. The van der Waals surface area contributed by atoms with Crippen LogP contribution >= 0.6 is 11.3 Å². The lowest BCUT2D eigenvalue weighted by Gasteiger charge is -2.42. The summed E-state index contributed by atoms with van der Waals surface area (Å²) in [5, 5.41) is 10.7. The van der Waals surface area contributed by atoms with Crippen molar-refractivity contribution in [2.75, 3.05) is 4.90 Å². The molecule has 1 aromatic carbocycles. The van der Waals surface area contributed by atoms with E-state index in [-0.39, 0.29) is 23.5 Å². The van der Waals surface area contributed by atoms with Crippen molar-refractivity contribution in [3.05, 3.63) is 62.9 Å². The SMILES string of the molecule is CC1(C)CC(=O)C2=C(C1)N(c1sc3c(c1C#N)CCCCC3)C(=O)C[C@@H]2c1ccccc1F. The van der Waals surface area contributed by atoms with Crippen molar-refractivity contribution >= 4 is 28.0 Å². The molecule has 1 amide bonds. The molecule has 170 valence electrons. The summed E-state index contributed by atoms with van der Waals surface area (Å²) in [4.78, 5) is 29.9. The number of nitrogens with zero attached hydrogens (tertiary/aromatic N) is 2. The van der Waals surface area contributed by atoms with E-state index in [9.17, 15) is 19.2 Å². The van der Waals surface area contributed by atoms with Crippen LogP contribution in [0.5, 0.6) is 0 Å². The molecule has 2 aliphatic carbocycles. The van der Waals surface area contributed by atoms with Crippen LogP contribution in [0.1, 0.15) is 79.9 Å². The van der Waals surface area contributed by atoms with E-state index in [4.69, 9.17) is 0 Å². The van der Waals surface area contributed by atoms with E-state index in [2.05, 4.69) is 6.07 Å². The third-order valence-electron chi connectivity index (χ3n) is 7.14. The maximum absolute atomic E-state index is 14.8. The van der Waals surface area contributed by atoms with Crippen LogP contribution in [0.25, 0.3) is 0 Å². The van der Waals surface area contributed by atoms with Gasteiger partial charge in [-0.3, -0.25) is 14.5 Å². The zero-order valence-corrected chi connectivity index (χ0v) is 19.9. The van der Waals surface area contributed by atoms with Gasteiger partial charge in [-0.05, 0) is 54.7 Å². The number of rotatable bonds is 2. The first-order valence-electron chi connectivity index (χ1n) is 11.7. The van der Waals surface area contributed by atoms with E-state index in [0.717, 1.165) is 37.7 Å². The summed E-state index contributed by atoms with van der Waals surface area (Å²) < 4.78 is 14.8. The lowest BCUT2D eigenvalue weighted by Crippen LogP contribution is -2.43. The summed E-state index contributed by atoms with van der Waals surface area (Å²) in [6, 6.07) is 8.80. The van der Waals surface area contributed by atoms with Crippen molar-refractivity contribution in [2.24, 2.45) is 5.41 Å². The number of amides is 1. The largest absolute Gasteiger partial charge is 0.294 e. The molecule has 2 aromatic rings. The minimum atomic E-state index is -0.586. The van der Waals surface area contributed by atoms with Crippen LogP contribution in [0.2, 0.25) is 0 Å². The predicted octanol–water partition coefficient (Wildman–Crippen LogP) is 6.19. The molecule has 2 heterocycles. The number of anilines is 1. The number of hydrogen-bond donors (Lipinski definition) is 0. The number of fused-ring (bicyclic) bond motifs is 1. The van der Waals surface area contributed by atoms with Crippen LogP contribution in [-0.2, 0) is 22.4 Å². The first kappa shape index (κ1) is 22.0. The quantitative estimate of drug-likeness (QED) is 0.500. The van der Waals surface area contributed by atoms with Crippen LogP contribution in [-0.4, -0.2) is 11.7 Å². The van der Waals surface area contributed by atoms with Crippen molar-refractivity contribution < 1.29 is 14.0 Å². The second kappa shape index (κ2) is 8.22. The summed E-state index contributed by atoms with van der Waals surface area (Å²) in [6.07, 6.45) is 5.98. The highest BCUT2D eigenvalue weighted by molar-refractivity contribution is 7.16. The third kappa shape index (κ3) is 3.73. The van der Waals surface area contributed by atoms with E-state index in [0.29, 0.717) is 40.2 Å². The average molecular weight is 463 g/mol. The Kier molecular flexibility index (Phi) is 5.49. The van der Waals surface area contributed by atoms with Crippen LogP contribution in [0.15, 0.2) is 35.5 Å². The van der Waals surface area contributed by atoms with E-state index < -0.39 is 11.7 Å². The maximum atomic E-state index is 14.8. The number of carbonyl (C=O) groups is 2. The Balaban J connectivity index is 1.71. The van der Waals surface area contributed by atoms with Gasteiger partial charge >= 0.3 is 0 Å². The van der Waals surface area contributed by atoms with Gasteiger partial charge in [0.15, 0.2) is 5.78 Å². The van der Waals surface area contributed by atoms with Gasteiger partial charge in [0.2, 0.25) is 5.91 Å². The van der Waals surface area contributed by atoms with E-state index in [1.807, 2.05) is 13.8 Å². The van der Waals surface area contributed by atoms with Gasteiger partial charge < -0.3 is 0 Å². The number of ketones is 1. The smallest absolute Gasteiger partial charge is 0.232 e. The summed E-state index contributed by atoms with van der Waals surface area (Å²) in [7, 11) is 0. The molecular weight excluding hydrogens is 435 g/mol. The van der Waals surface area contributed by atoms with Gasteiger partial charge in [-0.2, -0.15) is 5.26 Å². The van der Waals surface area contributed by atoms with Crippen LogP contribution in [0.3, 0.4) is 0 Å². The Hall–Kier alpha value is -2.78. The van der Waals surface area contributed by atoms with E-state index in [1.54, 1.807) is 23.1 Å². The van der Waals surface area contributed by atoms with Crippen molar-refractivity contribution in [2.45, 2.75) is 71.1 Å². The third-order valence-corrected chi connectivity index (χ3v) is 8.42. The van der Waals surface area contributed by atoms with Crippen LogP contribution in [0.4, 0.5) is 9.39 Å². The maximum Gasteiger partial charge on any atom is 0.232 e. The molecule has 0 saturated carbocycles. The van der Waals surface area contributed by atoms with Gasteiger partial charge in [0, 0.05) is 34.9 Å². The molecule has 1 aromatic heterocycles. The Morgan fingerprint density at radius 1 is 1.12 bits per heavy atom. The summed E-state index contributed by atoms with van der Waals surface area (Å²) in [5.41, 5.74) is 2.95. The first-order valence-corrected chi connectivity index (χ1v) is 12.5. The number of aryl methyl sites for hydroxylation is 1. The van der Waals surface area contributed by atoms with Gasteiger partial charge in [0.1, 0.15) is 16.9 Å². The minimum absolute atomic E-state index is 0.0244. The van der Waals surface area contributed by atoms with Gasteiger partial charge in [-0.1, -0.05) is 38.5 Å². The molecule has 1 atom stereocenters. The minimum Gasteiger partial charge on any atom is -0.294 e. The molecule has 4 nitrogen and oxygen atoms in total. The zero-order valence-electron chi connectivity index (χ0n) is 19.0. The van der Waals surface area contributed by atoms with E-state index >= 15 is 0 Å². The molecule has 0 radical (unpaired) electrons. The monoisotopic (exact) mass is 462 g/mol. The zero-order chi connectivity index (χ0) is 23.3. The highest BCUT2D eigenvalue weighted by Crippen LogP contribution is 2.51. The second-order valence-electron chi connectivity index (χ2n) is 10.2. The molecule has 0 N–H and O–H groups in total. The normalized spacial score (nSPS) is 22.5. The molecule has 1 aliphatic heterocycles. The van der Waals surface area contributed by atoms with Crippen molar-refractivity contribution in [3.8, 4) is 6.07 Å². The molecule has 33 heavy (non-hydrogen) atoms. The molecule has 0 saturated heterocycles. The first-order chi connectivity index (χ1) is 15.8. The highest BCUT2D eigenvalue weighted by atomic mass is 32.1. The fourth-order valence-electron chi connectivity index (χ4n) is 5.68. The lowest BCUT2D eigenvalue weighted by atomic mass is 9.69. The molecule has 0 unspecified atom stereocenters. The Labute approximate surface area is 197 Å². The summed E-state index contributed by atoms with van der Waals surface area (Å²) in [6.45, 7) is 4.05. The van der Waals surface area contributed by atoms with Gasteiger partial charge in [0.05, 0.1) is 5.56 Å². The van der Waals surface area contributed by atoms with Gasteiger partial charge in [0.25, 0.3) is 0 Å². The topological polar surface area (TPSA) is 61.2 Å². The summed E-state index contributed by atoms with van der Waals surface area (Å²) >= 11 is 1.53. The number of halogens is 1. The number of allylic oxidation sites excluding steroid dienone is 2. The van der Waals surface area contributed by atoms with Crippen LogP contribution in [0, 0.1) is 22.6 Å². The molecule has 0 spiro atoms. The summed E-state index contributed by atoms with van der Waals surface area (Å²) in [5.74, 6) is -1.17. The number of nitriles is 1. The molecule has 3 aliphatic rings. The Bertz CT molecular complexity index is 1230. The molecule has 6 heteroatoms. The molecule has 0 bridgehead atoms. The Morgan fingerprint density at radius 2 is 1.88 bits per heavy atom. The van der Waals surface area contributed by atoms with Gasteiger partial charge in [-0.15, -0.1) is 11.3 Å². The van der Waals surface area contributed by atoms with E-state index in [1.165, 1.54) is 22.3 Å². The average Bonchev–Trinajstić information content (AvgIpc) is 2.92. The molecular formula is C27H27FN2O2S. The second-order valence-corrected chi connectivity index (χ2v) is 11.2. The fourth-order valence-corrected chi connectivity index (χ4v) is 7.06. The van der Waals surface area contributed by atoms with Crippen LogP contribution < -0.4 is 4.90 Å². The standard InChI is InChI=1S/C27H27FN2O2S/c1-27(2)13-21-25(22(31)14-27)18(16-8-6-7-10-20(16)28)12-24(32)30(21)26-19(15-29)17-9-4-3-5-11-23(17)33-26/h6-8,10,18H,3-5,9,11-14H2,1-2H3/t18-/m1/s1. The lowest BCUT2D eigenvalue weighted by molar-refractivity contribution is -0.120. The molecule has 0 fully saturated rings. The molecule has 5 rings (SSSR count). The predicted molar refractivity (Wildman–Crippen MR) is 127 cm³/mol.